The highest BCUT2D eigenvalue weighted by Crippen LogP contribution is 2.25. The van der Waals surface area contributed by atoms with Crippen molar-refractivity contribution in [1.82, 2.24) is 20.1 Å². The zero-order chi connectivity index (χ0) is 14.8. The average molecular weight is 306 g/mol. The number of thiazole rings is 1. The molecule has 21 heavy (non-hydrogen) atoms. The second kappa shape index (κ2) is 5.95. The van der Waals surface area contributed by atoms with Crippen molar-refractivity contribution in [2.45, 2.75) is 26.3 Å². The number of carbonyl (C=O) groups is 1. The summed E-state index contributed by atoms with van der Waals surface area (Å²) in [6.07, 6.45) is 2.10. The first-order valence-corrected chi connectivity index (χ1v) is 7.76. The molecule has 6 nitrogen and oxygen atoms in total. The van der Waals surface area contributed by atoms with Gasteiger partial charge in [0, 0.05) is 17.6 Å². The number of aromatic nitrogens is 3. The van der Waals surface area contributed by atoms with Crippen LogP contribution in [0.1, 0.15) is 27.3 Å². The zero-order valence-electron chi connectivity index (χ0n) is 12.1. The molecule has 3 rings (SSSR count). The number of morpholine rings is 1. The lowest BCUT2D eigenvalue weighted by atomic mass is 10.1. The molecule has 0 saturated carbocycles. The molecule has 2 aromatic rings. The SMILES string of the molecule is Cc1nc(C)c(CC(=O)N2CCOC[C@H]2c2ccn[nH]2)s1. The van der Waals surface area contributed by atoms with Crippen molar-refractivity contribution in [2.75, 3.05) is 19.8 Å². The number of rotatable bonds is 3. The van der Waals surface area contributed by atoms with Gasteiger partial charge in [-0.25, -0.2) is 4.98 Å². The van der Waals surface area contributed by atoms with E-state index in [1.54, 1.807) is 17.5 Å². The van der Waals surface area contributed by atoms with E-state index < -0.39 is 0 Å². The van der Waals surface area contributed by atoms with Gasteiger partial charge < -0.3 is 9.64 Å². The molecule has 0 spiro atoms. The third-order valence-electron chi connectivity index (χ3n) is 3.64. The molecule has 0 aliphatic carbocycles. The Labute approximate surface area is 127 Å². The minimum absolute atomic E-state index is 0.0805. The van der Waals surface area contributed by atoms with Gasteiger partial charge in [-0.3, -0.25) is 9.89 Å². The van der Waals surface area contributed by atoms with E-state index in [1.165, 1.54) is 0 Å². The van der Waals surface area contributed by atoms with Crippen LogP contribution in [-0.4, -0.2) is 45.7 Å². The molecule has 0 aromatic carbocycles. The standard InChI is InChI=1S/C14H18N4O2S/c1-9-13(21-10(2)16-9)7-14(19)18-5-6-20-8-12(18)11-3-4-15-17-11/h3-4,12H,5-8H2,1-2H3,(H,15,17)/t12-/m0/s1. The van der Waals surface area contributed by atoms with Crippen molar-refractivity contribution in [3.8, 4) is 0 Å². The van der Waals surface area contributed by atoms with E-state index in [9.17, 15) is 4.79 Å². The number of hydrogen-bond donors (Lipinski definition) is 1. The first-order valence-electron chi connectivity index (χ1n) is 6.94. The number of ether oxygens (including phenoxy) is 1. The minimum atomic E-state index is -0.0805. The number of hydrogen-bond acceptors (Lipinski definition) is 5. The van der Waals surface area contributed by atoms with Crippen LogP contribution in [0.2, 0.25) is 0 Å². The van der Waals surface area contributed by atoms with Crippen molar-refractivity contribution in [1.29, 1.82) is 0 Å². The lowest BCUT2D eigenvalue weighted by molar-refractivity contribution is -0.139. The second-order valence-corrected chi connectivity index (χ2v) is 6.40. The van der Waals surface area contributed by atoms with E-state index in [0.717, 1.165) is 21.3 Å². The summed E-state index contributed by atoms with van der Waals surface area (Å²) in [5, 5.41) is 7.91. The van der Waals surface area contributed by atoms with Crippen LogP contribution >= 0.6 is 11.3 Å². The summed E-state index contributed by atoms with van der Waals surface area (Å²) >= 11 is 1.60. The fourth-order valence-corrected chi connectivity index (χ4v) is 3.52. The van der Waals surface area contributed by atoms with E-state index in [0.29, 0.717) is 26.2 Å². The van der Waals surface area contributed by atoms with Gasteiger partial charge in [-0.2, -0.15) is 5.10 Å². The van der Waals surface area contributed by atoms with Gasteiger partial charge >= 0.3 is 0 Å². The highest BCUT2D eigenvalue weighted by molar-refractivity contribution is 7.11. The monoisotopic (exact) mass is 306 g/mol. The fourth-order valence-electron chi connectivity index (χ4n) is 2.59. The van der Waals surface area contributed by atoms with Gasteiger partial charge in [0.25, 0.3) is 0 Å². The van der Waals surface area contributed by atoms with E-state index in [2.05, 4.69) is 15.2 Å². The van der Waals surface area contributed by atoms with Crippen LogP contribution in [0.3, 0.4) is 0 Å². The predicted octanol–water partition coefficient (Wildman–Crippen LogP) is 1.63. The normalized spacial score (nSPS) is 19.0. The maximum Gasteiger partial charge on any atom is 0.228 e. The molecule has 0 unspecified atom stereocenters. The molecular weight excluding hydrogens is 288 g/mol. The number of aromatic amines is 1. The van der Waals surface area contributed by atoms with Gasteiger partial charge in [0.15, 0.2) is 0 Å². The van der Waals surface area contributed by atoms with Gasteiger partial charge in [-0.15, -0.1) is 11.3 Å². The summed E-state index contributed by atoms with van der Waals surface area (Å²) in [6.45, 7) is 5.62. The lowest BCUT2D eigenvalue weighted by Gasteiger charge is -2.35. The Morgan fingerprint density at radius 1 is 1.57 bits per heavy atom. The first kappa shape index (κ1) is 14.2. The van der Waals surface area contributed by atoms with Crippen molar-refractivity contribution >= 4 is 17.2 Å². The first-order chi connectivity index (χ1) is 10.1. The Balaban J connectivity index is 1.77. The molecule has 2 aromatic heterocycles. The largest absolute Gasteiger partial charge is 0.377 e. The Hall–Kier alpha value is -1.73. The quantitative estimate of drug-likeness (QED) is 0.935. The fraction of sp³-hybridized carbons (Fsp3) is 0.500. The molecule has 1 aliphatic heterocycles. The zero-order valence-corrected chi connectivity index (χ0v) is 12.9. The molecule has 1 amide bonds. The van der Waals surface area contributed by atoms with E-state index >= 15 is 0 Å². The van der Waals surface area contributed by atoms with E-state index in [1.807, 2.05) is 24.8 Å². The summed E-state index contributed by atoms with van der Waals surface area (Å²) < 4.78 is 5.51. The summed E-state index contributed by atoms with van der Waals surface area (Å²) in [5.41, 5.74) is 1.87. The van der Waals surface area contributed by atoms with Crippen LogP contribution in [0.15, 0.2) is 12.3 Å². The number of amides is 1. The maximum atomic E-state index is 12.6. The van der Waals surface area contributed by atoms with Crippen molar-refractivity contribution < 1.29 is 9.53 Å². The van der Waals surface area contributed by atoms with Crippen molar-refractivity contribution in [3.63, 3.8) is 0 Å². The highest BCUT2D eigenvalue weighted by atomic mass is 32.1. The molecule has 7 heteroatoms. The minimum Gasteiger partial charge on any atom is -0.377 e. The van der Waals surface area contributed by atoms with E-state index in [-0.39, 0.29) is 11.9 Å². The summed E-state index contributed by atoms with van der Waals surface area (Å²) in [7, 11) is 0. The van der Waals surface area contributed by atoms with Crippen LogP contribution in [0.5, 0.6) is 0 Å². The van der Waals surface area contributed by atoms with Gasteiger partial charge in [-0.05, 0) is 19.9 Å². The van der Waals surface area contributed by atoms with Crippen LogP contribution in [0.25, 0.3) is 0 Å². The van der Waals surface area contributed by atoms with Crippen molar-refractivity contribution in [3.05, 3.63) is 33.5 Å². The van der Waals surface area contributed by atoms with Crippen LogP contribution in [0, 0.1) is 13.8 Å². The highest BCUT2D eigenvalue weighted by Gasteiger charge is 2.30. The van der Waals surface area contributed by atoms with Gasteiger partial charge in [0.1, 0.15) is 0 Å². The van der Waals surface area contributed by atoms with Gasteiger partial charge in [0.05, 0.1) is 42.1 Å². The third kappa shape index (κ3) is 2.98. The Bertz CT molecular complexity index is 623. The number of carbonyl (C=O) groups excluding carboxylic acids is 1. The second-order valence-electron chi connectivity index (χ2n) is 5.11. The van der Waals surface area contributed by atoms with E-state index in [4.69, 9.17) is 4.74 Å². The molecule has 112 valence electrons. The average Bonchev–Trinajstić information content (AvgIpc) is 3.09. The Kier molecular flexibility index (Phi) is 4.03. The molecular formula is C14H18N4O2S. The summed E-state index contributed by atoms with van der Waals surface area (Å²) in [5.74, 6) is 0.115. The molecule has 1 N–H and O–H groups in total. The molecule has 1 fully saturated rings. The molecule has 3 heterocycles. The van der Waals surface area contributed by atoms with Gasteiger partial charge in [-0.1, -0.05) is 0 Å². The van der Waals surface area contributed by atoms with Crippen molar-refractivity contribution in [2.24, 2.45) is 0 Å². The maximum absolute atomic E-state index is 12.6. The van der Waals surface area contributed by atoms with Crippen LogP contribution < -0.4 is 0 Å². The number of nitrogens with one attached hydrogen (secondary N) is 1. The lowest BCUT2D eigenvalue weighted by Crippen LogP contribution is -2.44. The molecule has 0 radical (unpaired) electrons. The molecule has 1 atom stereocenters. The Morgan fingerprint density at radius 2 is 2.43 bits per heavy atom. The van der Waals surface area contributed by atoms with Crippen LogP contribution in [0.4, 0.5) is 0 Å². The molecule has 1 aliphatic rings. The van der Waals surface area contributed by atoms with Crippen LogP contribution in [-0.2, 0) is 16.0 Å². The summed E-state index contributed by atoms with van der Waals surface area (Å²) in [6, 6.07) is 1.81. The summed E-state index contributed by atoms with van der Waals surface area (Å²) in [4.78, 5) is 20.0. The number of H-pyrrole nitrogens is 1. The number of aryl methyl sites for hydroxylation is 2. The number of nitrogens with zero attached hydrogens (tertiary/aromatic N) is 3. The molecule has 0 bridgehead atoms. The molecule has 1 saturated heterocycles. The predicted molar refractivity (Wildman–Crippen MR) is 79.2 cm³/mol. The topological polar surface area (TPSA) is 71.1 Å². The third-order valence-corrected chi connectivity index (χ3v) is 4.71. The smallest absolute Gasteiger partial charge is 0.228 e. The van der Waals surface area contributed by atoms with Gasteiger partial charge in [0.2, 0.25) is 5.91 Å². The Morgan fingerprint density at radius 3 is 3.10 bits per heavy atom.